The molecule has 0 fully saturated rings. The highest BCUT2D eigenvalue weighted by Crippen LogP contribution is 2.34. The van der Waals surface area contributed by atoms with E-state index in [4.69, 9.17) is 11.6 Å². The van der Waals surface area contributed by atoms with Crippen LogP contribution < -0.4 is 5.32 Å². The van der Waals surface area contributed by atoms with Crippen molar-refractivity contribution in [2.24, 2.45) is 0 Å². The summed E-state index contributed by atoms with van der Waals surface area (Å²) in [5, 5.41) is 3.98. The summed E-state index contributed by atoms with van der Waals surface area (Å²) in [4.78, 5) is 19.0. The van der Waals surface area contributed by atoms with E-state index in [0.717, 1.165) is 11.3 Å². The maximum atomic E-state index is 13.2. The molecule has 0 spiro atoms. The lowest BCUT2D eigenvalue weighted by molar-refractivity contribution is 0.0728. The first kappa shape index (κ1) is 16.5. The lowest BCUT2D eigenvalue weighted by atomic mass is 10.2. The minimum absolute atomic E-state index is 0.108. The van der Waals surface area contributed by atoms with E-state index in [0.29, 0.717) is 22.8 Å². The Kier molecular flexibility index (Phi) is 4.31. The molecule has 1 aromatic heterocycles. The molecule has 130 valence electrons. The molecule has 0 bridgehead atoms. The number of halogens is 2. The minimum atomic E-state index is -0.412. The molecule has 1 amide bonds. The molecule has 1 atom stereocenters. The van der Waals surface area contributed by atoms with Crippen LogP contribution in [0.1, 0.15) is 27.8 Å². The molecule has 6 heteroatoms. The molecule has 4 nitrogen and oxygen atoms in total. The fourth-order valence-electron chi connectivity index (χ4n) is 3.04. The van der Waals surface area contributed by atoms with E-state index in [1.54, 1.807) is 47.5 Å². The Morgan fingerprint density at radius 3 is 2.54 bits per heavy atom. The molecule has 1 N–H and O–H groups in total. The van der Waals surface area contributed by atoms with E-state index in [-0.39, 0.29) is 11.7 Å². The van der Waals surface area contributed by atoms with Gasteiger partial charge >= 0.3 is 0 Å². The van der Waals surface area contributed by atoms with E-state index in [2.05, 4.69) is 10.3 Å². The number of hydrogen-bond acceptors (Lipinski definition) is 3. The highest BCUT2D eigenvalue weighted by molar-refractivity contribution is 6.30. The number of nitrogens with zero attached hydrogens (tertiary/aromatic N) is 2. The van der Waals surface area contributed by atoms with E-state index < -0.39 is 6.17 Å². The standard InChI is InChI=1S/C20H15ClFN3O/c21-14-5-9-16(10-6-14)24-19-18-17(2-1-11-23-18)20(26)25(19)12-13-3-7-15(22)8-4-13/h1-11,19,24H,12H2/t19-/m1/s1. The maximum Gasteiger partial charge on any atom is 0.258 e. The van der Waals surface area contributed by atoms with Gasteiger partial charge in [0.1, 0.15) is 12.0 Å². The molecule has 0 radical (unpaired) electrons. The first-order valence-electron chi connectivity index (χ1n) is 8.14. The normalized spacial score (nSPS) is 15.8. The summed E-state index contributed by atoms with van der Waals surface area (Å²) in [6.45, 7) is 0.348. The molecule has 4 rings (SSSR count). The van der Waals surface area contributed by atoms with Gasteiger partial charge in [0.05, 0.1) is 11.3 Å². The van der Waals surface area contributed by atoms with Gasteiger partial charge < -0.3 is 10.2 Å². The number of aromatic nitrogens is 1. The van der Waals surface area contributed by atoms with Gasteiger partial charge in [-0.25, -0.2) is 4.39 Å². The topological polar surface area (TPSA) is 45.2 Å². The van der Waals surface area contributed by atoms with E-state index in [9.17, 15) is 9.18 Å². The molecule has 1 aliphatic heterocycles. The molecule has 26 heavy (non-hydrogen) atoms. The second-order valence-corrected chi connectivity index (χ2v) is 6.49. The zero-order valence-electron chi connectivity index (χ0n) is 13.7. The van der Waals surface area contributed by atoms with Crippen LogP contribution in [-0.4, -0.2) is 15.8 Å². The smallest absolute Gasteiger partial charge is 0.258 e. The number of rotatable bonds is 4. The Morgan fingerprint density at radius 2 is 1.81 bits per heavy atom. The van der Waals surface area contributed by atoms with Crippen LogP contribution in [0, 0.1) is 5.82 Å². The van der Waals surface area contributed by atoms with Crippen molar-refractivity contribution in [3.63, 3.8) is 0 Å². The van der Waals surface area contributed by atoms with Crippen molar-refractivity contribution >= 4 is 23.2 Å². The maximum absolute atomic E-state index is 13.2. The zero-order chi connectivity index (χ0) is 18.1. The summed E-state index contributed by atoms with van der Waals surface area (Å²) in [5.41, 5.74) is 2.92. The monoisotopic (exact) mass is 367 g/mol. The van der Waals surface area contributed by atoms with Crippen molar-refractivity contribution in [2.75, 3.05) is 5.32 Å². The average molecular weight is 368 g/mol. The Bertz CT molecular complexity index is 944. The fraction of sp³-hybridized carbons (Fsp3) is 0.100. The van der Waals surface area contributed by atoms with Crippen LogP contribution in [0.4, 0.5) is 10.1 Å². The lowest BCUT2D eigenvalue weighted by Crippen LogP contribution is -2.32. The number of hydrogen-bond donors (Lipinski definition) is 1. The summed E-state index contributed by atoms with van der Waals surface area (Å²) in [6.07, 6.45) is 1.26. The second kappa shape index (κ2) is 6.77. The lowest BCUT2D eigenvalue weighted by Gasteiger charge is -2.26. The number of fused-ring (bicyclic) bond motifs is 1. The third-order valence-electron chi connectivity index (χ3n) is 4.31. The Labute approximate surface area is 155 Å². The molecular formula is C20H15ClFN3O. The van der Waals surface area contributed by atoms with Gasteiger partial charge in [-0.05, 0) is 54.1 Å². The molecule has 3 aromatic rings. The molecule has 2 heterocycles. The van der Waals surface area contributed by atoms with E-state index in [1.165, 1.54) is 12.1 Å². The van der Waals surface area contributed by atoms with Crippen molar-refractivity contribution in [3.05, 3.63) is 94.5 Å². The predicted octanol–water partition coefficient (Wildman–Crippen LogP) is 4.64. The summed E-state index contributed by atoms with van der Waals surface area (Å²) >= 11 is 5.95. The van der Waals surface area contributed by atoms with Gasteiger partial charge in [-0.3, -0.25) is 9.78 Å². The van der Waals surface area contributed by atoms with Crippen LogP contribution in [0.5, 0.6) is 0 Å². The molecule has 2 aromatic carbocycles. The van der Waals surface area contributed by atoms with E-state index in [1.807, 2.05) is 12.1 Å². The number of pyridine rings is 1. The van der Waals surface area contributed by atoms with Crippen LogP contribution in [0.25, 0.3) is 0 Å². The third-order valence-corrected chi connectivity index (χ3v) is 4.57. The quantitative estimate of drug-likeness (QED) is 0.730. The van der Waals surface area contributed by atoms with Crippen LogP contribution in [0.15, 0.2) is 66.9 Å². The predicted molar refractivity (Wildman–Crippen MR) is 98.3 cm³/mol. The first-order chi connectivity index (χ1) is 12.6. The third kappa shape index (κ3) is 3.13. The van der Waals surface area contributed by atoms with Gasteiger partial charge in [0.2, 0.25) is 0 Å². The van der Waals surface area contributed by atoms with Gasteiger partial charge in [0.15, 0.2) is 0 Å². The summed E-state index contributed by atoms with van der Waals surface area (Å²) < 4.78 is 13.2. The summed E-state index contributed by atoms with van der Waals surface area (Å²) in [5.74, 6) is -0.411. The van der Waals surface area contributed by atoms with Crippen molar-refractivity contribution < 1.29 is 9.18 Å². The first-order valence-corrected chi connectivity index (χ1v) is 8.52. The fourth-order valence-corrected chi connectivity index (χ4v) is 3.16. The van der Waals surface area contributed by atoms with Crippen molar-refractivity contribution in [1.29, 1.82) is 0 Å². The number of benzene rings is 2. The molecular weight excluding hydrogens is 353 g/mol. The SMILES string of the molecule is O=C1c2cccnc2[C@H](Nc2ccc(Cl)cc2)N1Cc1ccc(F)cc1. The molecule has 0 saturated heterocycles. The van der Waals surface area contributed by atoms with Crippen molar-refractivity contribution in [2.45, 2.75) is 12.7 Å². The largest absolute Gasteiger partial charge is 0.360 e. The minimum Gasteiger partial charge on any atom is -0.360 e. The number of carbonyl (C=O) groups excluding carboxylic acids is 1. The van der Waals surface area contributed by atoms with Crippen LogP contribution in [-0.2, 0) is 6.54 Å². The zero-order valence-corrected chi connectivity index (χ0v) is 14.4. The number of amides is 1. The van der Waals surface area contributed by atoms with Gasteiger partial charge in [0, 0.05) is 23.5 Å². The van der Waals surface area contributed by atoms with Gasteiger partial charge in [-0.2, -0.15) is 0 Å². The Hall–Kier alpha value is -2.92. The summed E-state index contributed by atoms with van der Waals surface area (Å²) in [7, 11) is 0. The van der Waals surface area contributed by atoms with Crippen LogP contribution in [0.2, 0.25) is 5.02 Å². The molecule has 1 aliphatic rings. The van der Waals surface area contributed by atoms with Crippen molar-refractivity contribution in [1.82, 2.24) is 9.88 Å². The Balaban J connectivity index is 1.67. The average Bonchev–Trinajstić information content (AvgIpc) is 2.91. The molecule has 0 unspecified atom stereocenters. The number of carbonyl (C=O) groups is 1. The van der Waals surface area contributed by atoms with Gasteiger partial charge in [-0.1, -0.05) is 23.7 Å². The van der Waals surface area contributed by atoms with E-state index >= 15 is 0 Å². The number of nitrogens with one attached hydrogen (secondary N) is 1. The highest BCUT2D eigenvalue weighted by Gasteiger charge is 2.37. The van der Waals surface area contributed by atoms with Crippen LogP contribution in [0.3, 0.4) is 0 Å². The molecule has 0 saturated carbocycles. The van der Waals surface area contributed by atoms with Crippen LogP contribution >= 0.6 is 11.6 Å². The molecule has 0 aliphatic carbocycles. The Morgan fingerprint density at radius 1 is 1.08 bits per heavy atom. The summed E-state index contributed by atoms with van der Waals surface area (Å²) in [6, 6.07) is 16.9. The van der Waals surface area contributed by atoms with Gasteiger partial charge in [-0.15, -0.1) is 0 Å². The highest BCUT2D eigenvalue weighted by atomic mass is 35.5. The van der Waals surface area contributed by atoms with Crippen molar-refractivity contribution in [3.8, 4) is 0 Å². The number of anilines is 1. The second-order valence-electron chi connectivity index (χ2n) is 6.05. The van der Waals surface area contributed by atoms with Gasteiger partial charge in [0.25, 0.3) is 5.91 Å².